The predicted octanol–water partition coefficient (Wildman–Crippen LogP) is -0.860. The van der Waals surface area contributed by atoms with Gasteiger partial charge < -0.3 is 15.2 Å². The molecule has 1 amide bonds. The van der Waals surface area contributed by atoms with Crippen molar-refractivity contribution in [2.45, 2.75) is 12.8 Å². The molecule has 0 aliphatic carbocycles. The smallest absolute Gasteiger partial charge is 0.306 e. The normalized spacial score (nSPS) is 8.92. The lowest BCUT2D eigenvalue weighted by atomic mass is 10.3. The monoisotopic (exact) mass is 189 g/mol. The van der Waals surface area contributed by atoms with Crippen LogP contribution in [0.1, 0.15) is 12.8 Å². The van der Waals surface area contributed by atoms with E-state index in [-0.39, 0.29) is 26.0 Å². The molecule has 0 aliphatic rings. The third-order valence-corrected chi connectivity index (χ3v) is 1.14. The van der Waals surface area contributed by atoms with E-state index in [1.807, 2.05) is 0 Å². The summed E-state index contributed by atoms with van der Waals surface area (Å²) >= 11 is 0. The number of hydrogen-bond acceptors (Lipinski definition) is 4. The molecule has 0 bridgehead atoms. The highest BCUT2D eigenvalue weighted by Crippen LogP contribution is 1.91. The molecule has 0 aromatic rings. The second-order valence-electron chi connectivity index (χ2n) is 2.19. The second kappa shape index (κ2) is 7.08. The van der Waals surface area contributed by atoms with E-state index in [2.05, 4.69) is 10.1 Å². The highest BCUT2D eigenvalue weighted by Gasteiger charge is 2.05. The fraction of sp³-hybridized carbons (Fsp3) is 0.571. The number of esters is 1. The summed E-state index contributed by atoms with van der Waals surface area (Å²) in [5, 5.41) is 10.5. The number of rotatable bonds is 7. The van der Waals surface area contributed by atoms with Gasteiger partial charge in [0.05, 0.1) is 19.4 Å². The number of aliphatic carboxylic acids is 1. The van der Waals surface area contributed by atoms with Gasteiger partial charge in [0.15, 0.2) is 0 Å². The Bertz CT molecular complexity index is 191. The van der Waals surface area contributed by atoms with Crippen LogP contribution in [0, 0.1) is 0 Å². The van der Waals surface area contributed by atoms with Crippen LogP contribution in [-0.2, 0) is 19.1 Å². The minimum atomic E-state index is -1.04. The van der Waals surface area contributed by atoms with Crippen LogP contribution in [0.25, 0.3) is 0 Å². The molecule has 0 atom stereocenters. The first-order valence-electron chi connectivity index (χ1n) is 3.71. The van der Waals surface area contributed by atoms with Crippen LogP contribution >= 0.6 is 0 Å². The molecule has 0 spiro atoms. The van der Waals surface area contributed by atoms with Crippen LogP contribution in [0.5, 0.6) is 0 Å². The number of carboxylic acids is 1. The maximum absolute atomic E-state index is 10.7. The van der Waals surface area contributed by atoms with Gasteiger partial charge in [0.2, 0.25) is 6.41 Å². The van der Waals surface area contributed by atoms with Crippen molar-refractivity contribution in [2.75, 3.05) is 13.2 Å². The second-order valence-corrected chi connectivity index (χ2v) is 2.19. The van der Waals surface area contributed by atoms with Gasteiger partial charge in [-0.15, -0.1) is 0 Å². The zero-order chi connectivity index (χ0) is 10.1. The maximum atomic E-state index is 10.7. The molecule has 2 N–H and O–H groups in total. The van der Waals surface area contributed by atoms with Crippen molar-refractivity contribution in [2.24, 2.45) is 0 Å². The van der Waals surface area contributed by atoms with Crippen LogP contribution in [0.4, 0.5) is 0 Å². The van der Waals surface area contributed by atoms with E-state index in [0.29, 0.717) is 6.41 Å². The quantitative estimate of drug-likeness (QED) is 0.309. The van der Waals surface area contributed by atoms with Gasteiger partial charge in [0, 0.05) is 0 Å². The Hall–Kier alpha value is -1.59. The van der Waals surface area contributed by atoms with Crippen molar-refractivity contribution >= 4 is 18.3 Å². The molecule has 0 aromatic heterocycles. The van der Waals surface area contributed by atoms with Gasteiger partial charge in [-0.05, 0) is 0 Å². The predicted molar refractivity (Wildman–Crippen MR) is 41.9 cm³/mol. The zero-order valence-electron chi connectivity index (χ0n) is 6.99. The fourth-order valence-electron chi connectivity index (χ4n) is 0.564. The van der Waals surface area contributed by atoms with Crippen molar-refractivity contribution in [1.29, 1.82) is 0 Å². The molecular weight excluding hydrogens is 178 g/mol. The topological polar surface area (TPSA) is 92.7 Å². The van der Waals surface area contributed by atoms with Crippen LogP contribution < -0.4 is 5.32 Å². The number of amides is 1. The van der Waals surface area contributed by atoms with Gasteiger partial charge in [-0.1, -0.05) is 0 Å². The van der Waals surface area contributed by atoms with Crippen molar-refractivity contribution in [3.8, 4) is 0 Å². The molecule has 6 heteroatoms. The molecule has 0 aliphatic heterocycles. The number of carbonyl (C=O) groups excluding carboxylic acids is 2. The Balaban J connectivity index is 3.30. The van der Waals surface area contributed by atoms with Crippen molar-refractivity contribution in [3.63, 3.8) is 0 Å². The summed E-state index contributed by atoms with van der Waals surface area (Å²) in [7, 11) is 0. The largest absolute Gasteiger partial charge is 0.481 e. The summed E-state index contributed by atoms with van der Waals surface area (Å²) < 4.78 is 4.57. The number of carbonyl (C=O) groups is 3. The molecule has 0 unspecified atom stereocenters. The van der Waals surface area contributed by atoms with Crippen LogP contribution in [0.3, 0.4) is 0 Å². The molecule has 0 aromatic carbocycles. The molecule has 74 valence electrons. The minimum absolute atomic E-state index is 0.0667. The van der Waals surface area contributed by atoms with Gasteiger partial charge in [0.1, 0.15) is 6.61 Å². The Morgan fingerprint density at radius 3 is 2.62 bits per heavy atom. The third-order valence-electron chi connectivity index (χ3n) is 1.14. The van der Waals surface area contributed by atoms with E-state index in [0.717, 1.165) is 0 Å². The average molecular weight is 189 g/mol. The highest BCUT2D eigenvalue weighted by molar-refractivity contribution is 5.76. The van der Waals surface area contributed by atoms with E-state index in [1.165, 1.54) is 0 Å². The van der Waals surface area contributed by atoms with E-state index >= 15 is 0 Å². The summed E-state index contributed by atoms with van der Waals surface area (Å²) in [6, 6.07) is 0. The van der Waals surface area contributed by atoms with Gasteiger partial charge in [-0.3, -0.25) is 14.4 Å². The molecule has 0 rings (SSSR count). The lowest BCUT2D eigenvalue weighted by Gasteiger charge is -2.02. The first-order chi connectivity index (χ1) is 6.16. The van der Waals surface area contributed by atoms with Gasteiger partial charge >= 0.3 is 11.9 Å². The first kappa shape index (κ1) is 11.4. The molecular formula is C7H11NO5. The maximum Gasteiger partial charge on any atom is 0.306 e. The van der Waals surface area contributed by atoms with Gasteiger partial charge in [0.25, 0.3) is 0 Å². The summed E-state index contributed by atoms with van der Waals surface area (Å²) in [6.45, 7) is 0.305. The summed E-state index contributed by atoms with van der Waals surface area (Å²) in [4.78, 5) is 30.5. The highest BCUT2D eigenvalue weighted by atomic mass is 16.5. The van der Waals surface area contributed by atoms with Crippen LogP contribution in [-0.4, -0.2) is 36.6 Å². The molecule has 0 saturated carbocycles. The van der Waals surface area contributed by atoms with Crippen molar-refractivity contribution in [1.82, 2.24) is 5.32 Å². The fourth-order valence-corrected chi connectivity index (χ4v) is 0.564. The van der Waals surface area contributed by atoms with Crippen LogP contribution in [0.2, 0.25) is 0 Å². The van der Waals surface area contributed by atoms with E-state index in [1.54, 1.807) is 0 Å². The summed E-state index contributed by atoms with van der Waals surface area (Å²) in [6.07, 6.45) is 0.113. The van der Waals surface area contributed by atoms with E-state index in [4.69, 9.17) is 5.11 Å². The van der Waals surface area contributed by atoms with Crippen molar-refractivity contribution in [3.05, 3.63) is 0 Å². The average Bonchev–Trinajstić information content (AvgIpc) is 2.09. The number of nitrogens with one attached hydrogen (secondary N) is 1. The summed E-state index contributed by atoms with van der Waals surface area (Å²) in [5.74, 6) is -1.61. The SMILES string of the molecule is O=CNCCOC(=O)CCC(=O)O. The van der Waals surface area contributed by atoms with Gasteiger partial charge in [-0.25, -0.2) is 0 Å². The Morgan fingerprint density at radius 2 is 2.08 bits per heavy atom. The lowest BCUT2D eigenvalue weighted by Crippen LogP contribution is -2.19. The molecule has 0 radical (unpaired) electrons. The number of hydrogen-bond donors (Lipinski definition) is 2. The van der Waals surface area contributed by atoms with E-state index in [9.17, 15) is 14.4 Å². The Labute approximate surface area is 74.9 Å². The summed E-state index contributed by atoms with van der Waals surface area (Å²) in [5.41, 5.74) is 0. The third kappa shape index (κ3) is 8.32. The molecule has 0 saturated heterocycles. The number of ether oxygens (including phenoxy) is 1. The molecule has 6 nitrogen and oxygen atoms in total. The van der Waals surface area contributed by atoms with Crippen molar-refractivity contribution < 1.29 is 24.2 Å². The minimum Gasteiger partial charge on any atom is -0.481 e. The number of carboxylic acid groups (broad SMARTS) is 1. The van der Waals surface area contributed by atoms with Crippen LogP contribution in [0.15, 0.2) is 0 Å². The first-order valence-corrected chi connectivity index (χ1v) is 3.71. The molecule has 13 heavy (non-hydrogen) atoms. The lowest BCUT2D eigenvalue weighted by molar-refractivity contribution is -0.147. The molecule has 0 fully saturated rings. The Morgan fingerprint density at radius 1 is 1.38 bits per heavy atom. The zero-order valence-corrected chi connectivity index (χ0v) is 6.99. The van der Waals surface area contributed by atoms with E-state index < -0.39 is 11.9 Å². The standard InChI is InChI=1S/C7H11NO5/c9-5-8-3-4-13-7(12)2-1-6(10)11/h5H,1-4H2,(H,8,9)(H,10,11). The van der Waals surface area contributed by atoms with Gasteiger partial charge in [-0.2, -0.15) is 0 Å². The molecule has 0 heterocycles. The Kier molecular flexibility index (Phi) is 6.21.